The minimum Gasteiger partial charge on any atom is -0.460 e. The molecule has 3 nitrogen and oxygen atoms in total. The second kappa shape index (κ2) is 11.7. The molecule has 0 unspecified atom stereocenters. The van der Waals surface area contributed by atoms with Crippen LogP contribution in [0.3, 0.4) is 0 Å². The first-order chi connectivity index (χ1) is 22.7. The predicted molar refractivity (Wildman–Crippen MR) is 194 cm³/mol. The fourth-order valence-corrected chi connectivity index (χ4v) is 13.7. The molecule has 6 aliphatic rings. The number of alkyl halides is 1. The van der Waals surface area contributed by atoms with Gasteiger partial charge in [0.2, 0.25) is 0 Å². The summed E-state index contributed by atoms with van der Waals surface area (Å²) >= 11 is 0. The van der Waals surface area contributed by atoms with E-state index >= 15 is 0 Å². The van der Waals surface area contributed by atoms with Gasteiger partial charge in [0.15, 0.2) is 0 Å². The number of hydrogen-bond donors (Lipinski definition) is 1. The number of halogens is 1. The Morgan fingerprint density at radius 3 is 2.31 bits per heavy atom. The maximum Gasteiger partial charge on any atom is 0.315 e. The van der Waals surface area contributed by atoms with Crippen LogP contribution in [0.15, 0.2) is 65.8 Å². The Kier molecular flexibility index (Phi) is 8.33. The Balaban J connectivity index is 1.12. The number of ether oxygens (including phenoxy) is 1. The lowest BCUT2D eigenvalue weighted by atomic mass is 9.33. The van der Waals surface area contributed by atoms with Crippen molar-refractivity contribution < 1.29 is 13.9 Å². The fourth-order valence-electron chi connectivity index (χ4n) is 13.7. The number of carbonyl (C=O) groups excluding carboxylic acids is 1. The summed E-state index contributed by atoms with van der Waals surface area (Å²) in [7, 11) is 0. The van der Waals surface area contributed by atoms with Crippen LogP contribution >= 0.6 is 0 Å². The van der Waals surface area contributed by atoms with Crippen molar-refractivity contribution in [2.24, 2.45) is 62.4 Å². The summed E-state index contributed by atoms with van der Waals surface area (Å²) in [6.45, 7) is 19.3. The third kappa shape index (κ3) is 4.84. The quantitative estimate of drug-likeness (QED) is 0.245. The number of esters is 1. The highest BCUT2D eigenvalue weighted by atomic mass is 19.1. The average Bonchev–Trinajstić information content (AvgIpc) is 3.42. The van der Waals surface area contributed by atoms with Gasteiger partial charge in [-0.25, -0.2) is 4.39 Å². The molecule has 0 amide bonds. The summed E-state index contributed by atoms with van der Waals surface area (Å²) in [5.41, 5.74) is 12.2. The van der Waals surface area contributed by atoms with E-state index in [1.54, 1.807) is 0 Å². The molecule has 0 saturated heterocycles. The first-order valence-electron chi connectivity index (χ1n) is 19.3. The molecule has 0 aromatic heterocycles. The van der Waals surface area contributed by atoms with Gasteiger partial charge in [-0.3, -0.25) is 4.79 Å². The standard InChI is InChI=1S/C44H62FNO2/c1-29(2)32-17-24-44(46)26-25-41(6)34(37(32)44)13-14-36-40(5)20-18-33(39(3,4)35(40)19-21-42(36,41)7)31-15-22-43(28-45,23-16-31)38(47)48-27-30-11-9-8-10-12-30/h8-12,15,18,32,34-37H,1,13-14,16-17,19-28,46H2,2-7H3/t32-,34-,35+,36-,37-,40+,41-,42-,43-,44+/m1/s1. The van der Waals surface area contributed by atoms with Gasteiger partial charge >= 0.3 is 5.97 Å². The summed E-state index contributed by atoms with van der Waals surface area (Å²) in [6.07, 6.45) is 17.5. The maximum absolute atomic E-state index is 14.6. The Morgan fingerprint density at radius 1 is 0.896 bits per heavy atom. The zero-order valence-electron chi connectivity index (χ0n) is 30.8. The molecule has 0 aliphatic heterocycles. The highest BCUT2D eigenvalue weighted by Crippen LogP contribution is 2.76. The zero-order valence-corrected chi connectivity index (χ0v) is 30.8. The lowest BCUT2D eigenvalue weighted by Crippen LogP contribution is -2.67. The molecule has 10 atom stereocenters. The highest BCUT2D eigenvalue weighted by Gasteiger charge is 2.70. The molecule has 6 aliphatic carbocycles. The first kappa shape index (κ1) is 34.3. The zero-order chi connectivity index (χ0) is 34.3. The summed E-state index contributed by atoms with van der Waals surface area (Å²) in [4.78, 5) is 13.3. The van der Waals surface area contributed by atoms with E-state index < -0.39 is 18.1 Å². The van der Waals surface area contributed by atoms with Crippen molar-refractivity contribution >= 4 is 5.97 Å². The predicted octanol–water partition coefficient (Wildman–Crippen LogP) is 10.7. The molecule has 0 spiro atoms. The van der Waals surface area contributed by atoms with Gasteiger partial charge in [-0.15, -0.1) is 0 Å². The van der Waals surface area contributed by atoms with Crippen LogP contribution in [0.4, 0.5) is 4.39 Å². The number of carbonyl (C=O) groups is 1. The molecule has 4 saturated carbocycles. The van der Waals surface area contributed by atoms with Crippen LogP contribution in [0.2, 0.25) is 0 Å². The van der Waals surface area contributed by atoms with Crippen LogP contribution in [0.5, 0.6) is 0 Å². The lowest BCUT2D eigenvalue weighted by molar-refractivity contribution is -0.219. The van der Waals surface area contributed by atoms with Crippen molar-refractivity contribution in [1.29, 1.82) is 0 Å². The van der Waals surface area contributed by atoms with Crippen molar-refractivity contribution in [2.75, 3.05) is 6.67 Å². The molecule has 0 radical (unpaired) electrons. The summed E-state index contributed by atoms with van der Waals surface area (Å²) < 4.78 is 20.3. The number of fused-ring (bicyclic) bond motifs is 7. The summed E-state index contributed by atoms with van der Waals surface area (Å²) in [5.74, 6) is 2.74. The SMILES string of the molecule is C=C(C)[C@H]1CC[C@]2(N)CC[C@]3(C)[C@H](CC[C@@H]4[C@@]5(C)CC=C(C6=CC[C@@](CF)(C(=O)OCc7ccccc7)CC6)C(C)(C)[C@@H]5CC[C@]43C)[C@@H]12. The summed E-state index contributed by atoms with van der Waals surface area (Å²) in [6, 6.07) is 9.68. The van der Waals surface area contributed by atoms with Crippen LogP contribution < -0.4 is 5.73 Å². The van der Waals surface area contributed by atoms with Gasteiger partial charge in [0.05, 0.1) is 5.41 Å². The van der Waals surface area contributed by atoms with E-state index in [9.17, 15) is 9.18 Å². The minimum absolute atomic E-state index is 0.00531. The van der Waals surface area contributed by atoms with Gasteiger partial charge in [0.25, 0.3) is 0 Å². The molecule has 4 heteroatoms. The monoisotopic (exact) mass is 655 g/mol. The Labute approximate surface area is 290 Å². The van der Waals surface area contributed by atoms with E-state index in [1.807, 2.05) is 30.3 Å². The van der Waals surface area contributed by atoms with Gasteiger partial charge in [0.1, 0.15) is 13.3 Å². The largest absolute Gasteiger partial charge is 0.460 e. The van der Waals surface area contributed by atoms with Gasteiger partial charge in [-0.1, -0.05) is 89.3 Å². The van der Waals surface area contributed by atoms with E-state index in [1.165, 1.54) is 68.1 Å². The number of allylic oxidation sites excluding steroid dienone is 5. The van der Waals surface area contributed by atoms with Crippen molar-refractivity contribution in [1.82, 2.24) is 0 Å². The van der Waals surface area contributed by atoms with Crippen LogP contribution in [-0.2, 0) is 16.1 Å². The van der Waals surface area contributed by atoms with Crippen molar-refractivity contribution in [3.8, 4) is 0 Å². The van der Waals surface area contributed by atoms with Gasteiger partial charge in [-0.2, -0.15) is 0 Å². The van der Waals surface area contributed by atoms with Crippen LogP contribution in [-0.4, -0.2) is 18.2 Å². The van der Waals surface area contributed by atoms with E-state index in [-0.39, 0.29) is 23.0 Å². The van der Waals surface area contributed by atoms with E-state index in [0.29, 0.717) is 53.3 Å². The highest BCUT2D eigenvalue weighted by molar-refractivity contribution is 5.78. The molecular weight excluding hydrogens is 593 g/mol. The Bertz CT molecular complexity index is 1510. The molecule has 7 rings (SSSR count). The Hall–Kier alpha value is -2.20. The number of rotatable bonds is 6. The van der Waals surface area contributed by atoms with Crippen molar-refractivity contribution in [3.63, 3.8) is 0 Å². The first-order valence-corrected chi connectivity index (χ1v) is 19.3. The van der Waals surface area contributed by atoms with Crippen LogP contribution in [0.1, 0.15) is 124 Å². The van der Waals surface area contributed by atoms with Crippen molar-refractivity contribution in [2.45, 2.75) is 131 Å². The van der Waals surface area contributed by atoms with E-state index in [0.717, 1.165) is 18.4 Å². The molecule has 2 N–H and O–H groups in total. The Morgan fingerprint density at radius 2 is 1.65 bits per heavy atom. The van der Waals surface area contributed by atoms with E-state index in [4.69, 9.17) is 10.5 Å². The second-order valence-corrected chi connectivity index (χ2v) is 18.9. The van der Waals surface area contributed by atoms with Crippen LogP contribution in [0, 0.1) is 56.7 Å². The molecular formula is C44H62FNO2. The maximum atomic E-state index is 14.6. The van der Waals surface area contributed by atoms with Gasteiger partial charge < -0.3 is 10.5 Å². The number of nitrogens with two attached hydrogens (primary N) is 1. The molecule has 0 bridgehead atoms. The topological polar surface area (TPSA) is 52.3 Å². The summed E-state index contributed by atoms with van der Waals surface area (Å²) in [5, 5.41) is 0. The molecule has 48 heavy (non-hydrogen) atoms. The second-order valence-electron chi connectivity index (χ2n) is 18.9. The third-order valence-corrected chi connectivity index (χ3v) is 16.6. The molecule has 1 aromatic rings. The number of hydrogen-bond acceptors (Lipinski definition) is 3. The van der Waals surface area contributed by atoms with E-state index in [2.05, 4.69) is 60.3 Å². The van der Waals surface area contributed by atoms with Crippen LogP contribution in [0.25, 0.3) is 0 Å². The lowest BCUT2D eigenvalue weighted by Gasteiger charge is -2.72. The van der Waals surface area contributed by atoms with Gasteiger partial charge in [-0.05, 0) is 152 Å². The molecule has 0 heterocycles. The smallest absolute Gasteiger partial charge is 0.315 e. The minimum atomic E-state index is -1.07. The normalized spacial score (nSPS) is 44.6. The molecule has 1 aromatic carbocycles. The van der Waals surface area contributed by atoms with Gasteiger partial charge in [0, 0.05) is 5.54 Å². The number of benzene rings is 1. The fraction of sp³-hybridized carbons (Fsp3) is 0.705. The molecule has 4 fully saturated rings. The molecule has 262 valence electrons. The third-order valence-electron chi connectivity index (χ3n) is 16.6. The average molecular weight is 656 g/mol. The van der Waals surface area contributed by atoms with Crippen molar-refractivity contribution in [3.05, 3.63) is 71.3 Å².